The summed E-state index contributed by atoms with van der Waals surface area (Å²) in [6, 6.07) is 12.5. The van der Waals surface area contributed by atoms with Crippen LogP contribution in [-0.4, -0.2) is 10.1 Å². The van der Waals surface area contributed by atoms with Crippen LogP contribution in [0.5, 0.6) is 0 Å². The second-order valence-electron chi connectivity index (χ2n) is 3.21. The first kappa shape index (κ1) is 10.1. The second-order valence-corrected chi connectivity index (χ2v) is 3.65. The monoisotopic (exact) mass is 219 g/mol. The third-order valence-corrected chi connectivity index (χ3v) is 2.41. The molecule has 0 amide bonds. The maximum atomic E-state index is 9.98. The van der Waals surface area contributed by atoms with E-state index in [0.717, 1.165) is 5.56 Å². The molecule has 1 aromatic carbocycles. The van der Waals surface area contributed by atoms with Crippen LogP contribution in [0.1, 0.15) is 17.4 Å². The molecule has 2 nitrogen and oxygen atoms in total. The van der Waals surface area contributed by atoms with Gasteiger partial charge < -0.3 is 5.11 Å². The average molecular weight is 220 g/mol. The maximum Gasteiger partial charge on any atom is 0.121 e. The number of nitrogens with zero attached hydrogens (tertiary/aromatic N) is 1. The fourth-order valence-electron chi connectivity index (χ4n) is 1.35. The summed E-state index contributed by atoms with van der Waals surface area (Å²) in [7, 11) is 0. The van der Waals surface area contributed by atoms with Crippen LogP contribution in [0.4, 0.5) is 0 Å². The molecule has 1 aromatic heterocycles. The molecule has 0 saturated heterocycles. The fraction of sp³-hybridized carbons (Fsp3) is 0.0833. The van der Waals surface area contributed by atoms with E-state index >= 15 is 0 Å². The highest BCUT2D eigenvalue weighted by Crippen LogP contribution is 2.21. The van der Waals surface area contributed by atoms with E-state index in [1.165, 1.54) is 0 Å². The van der Waals surface area contributed by atoms with Gasteiger partial charge in [-0.15, -0.1) is 0 Å². The van der Waals surface area contributed by atoms with Gasteiger partial charge in [0.15, 0.2) is 0 Å². The van der Waals surface area contributed by atoms with Crippen molar-refractivity contribution in [1.29, 1.82) is 0 Å². The number of halogens is 1. The van der Waals surface area contributed by atoms with Gasteiger partial charge in [-0.2, -0.15) is 0 Å². The lowest BCUT2D eigenvalue weighted by Crippen LogP contribution is -2.01. The lowest BCUT2D eigenvalue weighted by Gasteiger charge is -2.09. The van der Waals surface area contributed by atoms with E-state index in [-0.39, 0.29) is 0 Å². The number of hydrogen-bond donors (Lipinski definition) is 1. The van der Waals surface area contributed by atoms with Crippen molar-refractivity contribution in [3.05, 3.63) is 64.9 Å². The van der Waals surface area contributed by atoms with Gasteiger partial charge in [0.2, 0.25) is 0 Å². The van der Waals surface area contributed by atoms with E-state index in [2.05, 4.69) is 4.98 Å². The van der Waals surface area contributed by atoms with Gasteiger partial charge in [-0.05, 0) is 29.8 Å². The molecule has 0 aliphatic heterocycles. The molecule has 0 fully saturated rings. The third kappa shape index (κ3) is 2.35. The molecule has 2 rings (SSSR count). The average Bonchev–Trinajstić information content (AvgIpc) is 2.30. The van der Waals surface area contributed by atoms with Gasteiger partial charge >= 0.3 is 0 Å². The van der Waals surface area contributed by atoms with Gasteiger partial charge in [0, 0.05) is 11.2 Å². The molecule has 1 unspecified atom stereocenters. The van der Waals surface area contributed by atoms with Crippen molar-refractivity contribution in [3.8, 4) is 0 Å². The van der Waals surface area contributed by atoms with Crippen molar-refractivity contribution in [2.24, 2.45) is 0 Å². The van der Waals surface area contributed by atoms with Crippen molar-refractivity contribution in [1.82, 2.24) is 4.98 Å². The van der Waals surface area contributed by atoms with E-state index < -0.39 is 6.10 Å². The predicted octanol–water partition coefficient (Wildman–Crippen LogP) is 2.82. The Kier molecular flexibility index (Phi) is 2.99. The molecule has 1 N–H and O–H groups in total. The molecule has 0 aliphatic carbocycles. The van der Waals surface area contributed by atoms with E-state index in [1.54, 1.807) is 36.5 Å². The van der Waals surface area contributed by atoms with Crippen molar-refractivity contribution in [3.63, 3.8) is 0 Å². The van der Waals surface area contributed by atoms with E-state index in [9.17, 15) is 5.11 Å². The van der Waals surface area contributed by atoms with E-state index in [0.29, 0.717) is 10.7 Å². The number of aromatic nitrogens is 1. The molecule has 15 heavy (non-hydrogen) atoms. The molecule has 1 atom stereocenters. The SMILES string of the molecule is OC(c1ccc(Cl)cc1)c1ccccn1. The summed E-state index contributed by atoms with van der Waals surface area (Å²) in [4.78, 5) is 4.09. The quantitative estimate of drug-likeness (QED) is 0.843. The Morgan fingerprint density at radius 1 is 1.07 bits per heavy atom. The van der Waals surface area contributed by atoms with Crippen molar-refractivity contribution in [2.75, 3.05) is 0 Å². The van der Waals surface area contributed by atoms with E-state index in [1.807, 2.05) is 12.1 Å². The first-order valence-electron chi connectivity index (χ1n) is 4.62. The highest BCUT2D eigenvalue weighted by molar-refractivity contribution is 6.30. The molecule has 3 heteroatoms. The smallest absolute Gasteiger partial charge is 0.121 e. The topological polar surface area (TPSA) is 33.1 Å². The van der Waals surface area contributed by atoms with Crippen LogP contribution < -0.4 is 0 Å². The summed E-state index contributed by atoms with van der Waals surface area (Å²) in [5, 5.41) is 10.6. The Bertz CT molecular complexity index is 427. The summed E-state index contributed by atoms with van der Waals surface area (Å²) < 4.78 is 0. The zero-order valence-electron chi connectivity index (χ0n) is 7.97. The minimum atomic E-state index is -0.691. The fourth-order valence-corrected chi connectivity index (χ4v) is 1.48. The molecule has 76 valence electrons. The Labute approximate surface area is 93.2 Å². The molecule has 0 radical (unpaired) electrons. The summed E-state index contributed by atoms with van der Waals surface area (Å²) >= 11 is 5.77. The summed E-state index contributed by atoms with van der Waals surface area (Å²) in [5.74, 6) is 0. The van der Waals surface area contributed by atoms with Crippen LogP contribution in [0.25, 0.3) is 0 Å². The number of hydrogen-bond acceptors (Lipinski definition) is 2. The number of benzene rings is 1. The lowest BCUT2D eigenvalue weighted by atomic mass is 10.1. The zero-order valence-corrected chi connectivity index (χ0v) is 8.72. The Morgan fingerprint density at radius 2 is 1.80 bits per heavy atom. The zero-order chi connectivity index (χ0) is 10.7. The van der Waals surface area contributed by atoms with Crippen LogP contribution in [0.15, 0.2) is 48.7 Å². The van der Waals surface area contributed by atoms with Crippen molar-refractivity contribution in [2.45, 2.75) is 6.10 Å². The van der Waals surface area contributed by atoms with Crippen LogP contribution >= 0.6 is 11.6 Å². The number of aliphatic hydroxyl groups is 1. The molecule has 1 heterocycles. The van der Waals surface area contributed by atoms with Gasteiger partial charge in [-0.1, -0.05) is 29.8 Å². The Balaban J connectivity index is 2.29. The van der Waals surface area contributed by atoms with Crippen LogP contribution in [0.2, 0.25) is 5.02 Å². The maximum absolute atomic E-state index is 9.98. The van der Waals surface area contributed by atoms with Crippen molar-refractivity contribution >= 4 is 11.6 Å². The largest absolute Gasteiger partial charge is 0.382 e. The molecule has 0 aliphatic rings. The second kappa shape index (κ2) is 4.43. The first-order chi connectivity index (χ1) is 7.27. The first-order valence-corrected chi connectivity index (χ1v) is 4.99. The number of aliphatic hydroxyl groups excluding tert-OH is 1. The molecule has 2 aromatic rings. The Morgan fingerprint density at radius 3 is 2.40 bits per heavy atom. The molecule has 0 bridgehead atoms. The highest BCUT2D eigenvalue weighted by atomic mass is 35.5. The van der Waals surface area contributed by atoms with Gasteiger partial charge in [0.25, 0.3) is 0 Å². The Hall–Kier alpha value is -1.38. The van der Waals surface area contributed by atoms with Gasteiger partial charge in [0.05, 0.1) is 5.69 Å². The molecule has 0 saturated carbocycles. The number of pyridine rings is 1. The predicted molar refractivity (Wildman–Crippen MR) is 59.8 cm³/mol. The van der Waals surface area contributed by atoms with Crippen molar-refractivity contribution < 1.29 is 5.11 Å². The van der Waals surface area contributed by atoms with E-state index in [4.69, 9.17) is 11.6 Å². The van der Waals surface area contributed by atoms with Gasteiger partial charge in [-0.25, -0.2) is 0 Å². The van der Waals surface area contributed by atoms with Crippen LogP contribution in [0, 0.1) is 0 Å². The highest BCUT2D eigenvalue weighted by Gasteiger charge is 2.10. The van der Waals surface area contributed by atoms with Gasteiger partial charge in [0.1, 0.15) is 6.10 Å². The molecule has 0 spiro atoms. The summed E-state index contributed by atoms with van der Waals surface area (Å²) in [6.07, 6.45) is 0.970. The molecular formula is C12H10ClNO. The standard InChI is InChI=1S/C12H10ClNO/c13-10-6-4-9(5-7-10)12(15)11-3-1-2-8-14-11/h1-8,12,15H. The summed E-state index contributed by atoms with van der Waals surface area (Å²) in [5.41, 5.74) is 1.43. The van der Waals surface area contributed by atoms with Crippen LogP contribution in [0.3, 0.4) is 0 Å². The summed E-state index contributed by atoms with van der Waals surface area (Å²) in [6.45, 7) is 0. The minimum absolute atomic E-state index is 0.639. The lowest BCUT2D eigenvalue weighted by molar-refractivity contribution is 0.215. The molecular weight excluding hydrogens is 210 g/mol. The third-order valence-electron chi connectivity index (χ3n) is 2.15. The minimum Gasteiger partial charge on any atom is -0.382 e. The number of rotatable bonds is 2. The van der Waals surface area contributed by atoms with Gasteiger partial charge in [-0.3, -0.25) is 4.98 Å². The normalized spacial score (nSPS) is 12.4. The van der Waals surface area contributed by atoms with Crippen LogP contribution in [-0.2, 0) is 0 Å².